The molecule has 150 valence electrons. The van der Waals surface area contributed by atoms with Gasteiger partial charge in [0.05, 0.1) is 17.5 Å². The topological polar surface area (TPSA) is 69.7 Å². The summed E-state index contributed by atoms with van der Waals surface area (Å²) in [5, 5.41) is 3.00. The second-order valence-electron chi connectivity index (χ2n) is 7.19. The predicted molar refractivity (Wildman–Crippen MR) is 109 cm³/mol. The van der Waals surface area contributed by atoms with Crippen LogP contribution in [-0.2, 0) is 14.8 Å². The Balaban J connectivity index is 1.51. The summed E-state index contributed by atoms with van der Waals surface area (Å²) in [6, 6.07) is 16.7. The van der Waals surface area contributed by atoms with E-state index in [0.29, 0.717) is 31.1 Å². The van der Waals surface area contributed by atoms with E-state index in [2.05, 4.69) is 5.32 Å². The SMILES string of the molecule is Cc1ccc(S(=O)(=O)N2CCN(CC(=O)N[C@@H](C)c3ccccc3)CC2)cc1. The van der Waals surface area contributed by atoms with E-state index in [1.165, 1.54) is 4.31 Å². The molecule has 0 unspecified atom stereocenters. The number of rotatable bonds is 6. The molecule has 0 aliphatic carbocycles. The van der Waals surface area contributed by atoms with Crippen LogP contribution in [0.2, 0.25) is 0 Å². The Labute approximate surface area is 167 Å². The highest BCUT2D eigenvalue weighted by atomic mass is 32.2. The molecule has 1 aliphatic rings. The number of carbonyl (C=O) groups is 1. The van der Waals surface area contributed by atoms with Gasteiger partial charge in [0.15, 0.2) is 0 Å². The van der Waals surface area contributed by atoms with Crippen LogP contribution < -0.4 is 5.32 Å². The fourth-order valence-electron chi connectivity index (χ4n) is 3.30. The summed E-state index contributed by atoms with van der Waals surface area (Å²) in [7, 11) is -3.48. The molecule has 2 aromatic rings. The van der Waals surface area contributed by atoms with Crippen molar-refractivity contribution in [2.45, 2.75) is 24.8 Å². The first-order valence-electron chi connectivity index (χ1n) is 9.50. The molecule has 1 amide bonds. The molecule has 0 bridgehead atoms. The van der Waals surface area contributed by atoms with E-state index < -0.39 is 10.0 Å². The summed E-state index contributed by atoms with van der Waals surface area (Å²) in [6.07, 6.45) is 0. The highest BCUT2D eigenvalue weighted by Crippen LogP contribution is 2.18. The number of nitrogens with zero attached hydrogens (tertiary/aromatic N) is 2. The maximum atomic E-state index is 12.8. The molecule has 1 aliphatic heterocycles. The van der Waals surface area contributed by atoms with Crippen molar-refractivity contribution >= 4 is 15.9 Å². The number of aryl methyl sites for hydroxylation is 1. The number of hydrogen-bond donors (Lipinski definition) is 1. The minimum Gasteiger partial charge on any atom is -0.348 e. The van der Waals surface area contributed by atoms with Gasteiger partial charge in [0.2, 0.25) is 15.9 Å². The van der Waals surface area contributed by atoms with Crippen LogP contribution in [0.25, 0.3) is 0 Å². The number of benzene rings is 2. The molecule has 28 heavy (non-hydrogen) atoms. The smallest absolute Gasteiger partial charge is 0.243 e. The first kappa shape index (κ1) is 20.5. The fraction of sp³-hybridized carbons (Fsp3) is 0.381. The Morgan fingerprint density at radius 2 is 1.61 bits per heavy atom. The third kappa shape index (κ3) is 4.98. The summed E-state index contributed by atoms with van der Waals surface area (Å²) in [6.45, 7) is 6.01. The van der Waals surface area contributed by atoms with Gasteiger partial charge < -0.3 is 5.32 Å². The summed E-state index contributed by atoms with van der Waals surface area (Å²) in [5.41, 5.74) is 2.09. The largest absolute Gasteiger partial charge is 0.348 e. The lowest BCUT2D eigenvalue weighted by molar-refractivity contribution is -0.123. The average molecular weight is 402 g/mol. The molecule has 3 rings (SSSR count). The molecule has 0 radical (unpaired) electrons. The molecule has 7 heteroatoms. The van der Waals surface area contributed by atoms with Gasteiger partial charge in [-0.25, -0.2) is 8.42 Å². The number of carbonyl (C=O) groups excluding carboxylic acids is 1. The number of sulfonamides is 1. The minimum absolute atomic E-state index is 0.0498. The van der Waals surface area contributed by atoms with Crippen molar-refractivity contribution in [3.05, 3.63) is 65.7 Å². The second-order valence-corrected chi connectivity index (χ2v) is 9.13. The summed E-state index contributed by atoms with van der Waals surface area (Å²) < 4.78 is 27.0. The molecule has 1 atom stereocenters. The highest BCUT2D eigenvalue weighted by molar-refractivity contribution is 7.89. The van der Waals surface area contributed by atoms with Crippen molar-refractivity contribution in [1.29, 1.82) is 0 Å². The Bertz CT molecular complexity index is 890. The Morgan fingerprint density at radius 3 is 2.21 bits per heavy atom. The molecule has 1 heterocycles. The average Bonchev–Trinajstić information content (AvgIpc) is 2.69. The summed E-state index contributed by atoms with van der Waals surface area (Å²) in [5.74, 6) is -0.0498. The zero-order valence-corrected chi connectivity index (χ0v) is 17.2. The third-order valence-electron chi connectivity index (χ3n) is 5.03. The van der Waals surface area contributed by atoms with Crippen LogP contribution in [-0.4, -0.2) is 56.3 Å². The van der Waals surface area contributed by atoms with Gasteiger partial charge in [0.25, 0.3) is 0 Å². The van der Waals surface area contributed by atoms with Crippen LogP contribution in [0.15, 0.2) is 59.5 Å². The predicted octanol–water partition coefficient (Wildman–Crippen LogP) is 2.18. The third-order valence-corrected chi connectivity index (χ3v) is 6.95. The summed E-state index contributed by atoms with van der Waals surface area (Å²) in [4.78, 5) is 14.7. The first-order chi connectivity index (χ1) is 13.4. The normalized spacial score (nSPS) is 17.2. The van der Waals surface area contributed by atoms with Crippen LogP contribution in [0.4, 0.5) is 0 Å². The molecule has 0 spiro atoms. The van der Waals surface area contributed by atoms with Gasteiger partial charge in [0, 0.05) is 26.2 Å². The van der Waals surface area contributed by atoms with Crippen molar-refractivity contribution < 1.29 is 13.2 Å². The zero-order chi connectivity index (χ0) is 20.1. The maximum Gasteiger partial charge on any atom is 0.243 e. The van der Waals surface area contributed by atoms with E-state index in [1.807, 2.05) is 49.1 Å². The van der Waals surface area contributed by atoms with Crippen molar-refractivity contribution in [2.24, 2.45) is 0 Å². The van der Waals surface area contributed by atoms with Crippen LogP contribution in [0, 0.1) is 6.92 Å². The van der Waals surface area contributed by atoms with Crippen molar-refractivity contribution in [3.8, 4) is 0 Å². The van der Waals surface area contributed by atoms with E-state index in [1.54, 1.807) is 24.3 Å². The molecule has 1 saturated heterocycles. The lowest BCUT2D eigenvalue weighted by Gasteiger charge is -2.33. The first-order valence-corrected chi connectivity index (χ1v) is 10.9. The molecule has 2 aromatic carbocycles. The second kappa shape index (κ2) is 8.86. The maximum absolute atomic E-state index is 12.8. The molecular formula is C21H27N3O3S. The van der Waals surface area contributed by atoms with Gasteiger partial charge in [-0.2, -0.15) is 4.31 Å². The fourth-order valence-corrected chi connectivity index (χ4v) is 4.72. The minimum atomic E-state index is -3.48. The molecule has 1 N–H and O–H groups in total. The molecule has 0 saturated carbocycles. The zero-order valence-electron chi connectivity index (χ0n) is 16.3. The molecule has 6 nitrogen and oxygen atoms in total. The number of piperazine rings is 1. The highest BCUT2D eigenvalue weighted by Gasteiger charge is 2.29. The van der Waals surface area contributed by atoms with Crippen LogP contribution >= 0.6 is 0 Å². The number of amides is 1. The lowest BCUT2D eigenvalue weighted by atomic mass is 10.1. The Morgan fingerprint density at radius 1 is 1.00 bits per heavy atom. The van der Waals surface area contributed by atoms with Gasteiger partial charge in [-0.3, -0.25) is 9.69 Å². The summed E-state index contributed by atoms with van der Waals surface area (Å²) >= 11 is 0. The van der Waals surface area contributed by atoms with Crippen LogP contribution in [0.3, 0.4) is 0 Å². The number of nitrogens with one attached hydrogen (secondary N) is 1. The molecule has 1 fully saturated rings. The quantitative estimate of drug-likeness (QED) is 0.806. The van der Waals surface area contributed by atoms with E-state index in [0.717, 1.165) is 11.1 Å². The number of hydrogen-bond acceptors (Lipinski definition) is 4. The Kier molecular flexibility index (Phi) is 6.49. The molecule has 0 aromatic heterocycles. The molecular weight excluding hydrogens is 374 g/mol. The van der Waals surface area contributed by atoms with Gasteiger partial charge in [0.1, 0.15) is 0 Å². The lowest BCUT2D eigenvalue weighted by Crippen LogP contribution is -2.51. The monoisotopic (exact) mass is 401 g/mol. The van der Waals surface area contributed by atoms with Crippen LogP contribution in [0.1, 0.15) is 24.1 Å². The Hall–Kier alpha value is -2.22. The van der Waals surface area contributed by atoms with E-state index in [4.69, 9.17) is 0 Å². The van der Waals surface area contributed by atoms with Gasteiger partial charge >= 0.3 is 0 Å². The standard InChI is InChI=1S/C21H27N3O3S/c1-17-8-10-20(11-9-17)28(26,27)24-14-12-23(13-15-24)16-21(25)22-18(2)19-6-4-3-5-7-19/h3-11,18H,12-16H2,1-2H3,(H,22,25)/t18-/m0/s1. The van der Waals surface area contributed by atoms with Crippen molar-refractivity contribution in [3.63, 3.8) is 0 Å². The van der Waals surface area contributed by atoms with Gasteiger partial charge in [-0.1, -0.05) is 48.0 Å². The van der Waals surface area contributed by atoms with Crippen LogP contribution in [0.5, 0.6) is 0 Å². The van der Waals surface area contributed by atoms with E-state index in [9.17, 15) is 13.2 Å². The van der Waals surface area contributed by atoms with E-state index >= 15 is 0 Å². The van der Waals surface area contributed by atoms with Crippen molar-refractivity contribution in [1.82, 2.24) is 14.5 Å². The van der Waals surface area contributed by atoms with E-state index in [-0.39, 0.29) is 18.5 Å². The van der Waals surface area contributed by atoms with Gasteiger partial charge in [-0.15, -0.1) is 0 Å². The van der Waals surface area contributed by atoms with Gasteiger partial charge in [-0.05, 0) is 31.5 Å². The van der Waals surface area contributed by atoms with Crippen molar-refractivity contribution in [2.75, 3.05) is 32.7 Å².